The molecule has 0 aliphatic rings. The van der Waals surface area contributed by atoms with Gasteiger partial charge in [-0.1, -0.05) is 31.9 Å². The molecule has 0 saturated heterocycles. The summed E-state index contributed by atoms with van der Waals surface area (Å²) in [7, 11) is 0.814. The standard InChI is InChI=1S/C13H16Cl2FNO3S/c1-3-5-9(4-2)17-13(18)10-6-8(14)7-11(12(10)16)21(15,19)20/h6-7,9H,3-5H2,1-2H3,(H,17,18). The molecule has 1 rings (SSSR count). The van der Waals surface area contributed by atoms with Crippen LogP contribution in [0.2, 0.25) is 5.02 Å². The molecule has 0 saturated carbocycles. The topological polar surface area (TPSA) is 63.2 Å². The molecule has 4 nitrogen and oxygen atoms in total. The molecular weight excluding hydrogens is 340 g/mol. The third-order valence-corrected chi connectivity index (χ3v) is 4.52. The molecule has 0 fully saturated rings. The van der Waals surface area contributed by atoms with Crippen molar-refractivity contribution in [3.8, 4) is 0 Å². The number of amides is 1. The summed E-state index contributed by atoms with van der Waals surface area (Å²) in [6, 6.07) is 1.84. The van der Waals surface area contributed by atoms with Crippen LogP contribution in [0, 0.1) is 5.82 Å². The molecule has 0 heterocycles. The summed E-state index contributed by atoms with van der Waals surface area (Å²) < 4.78 is 36.7. The quantitative estimate of drug-likeness (QED) is 0.791. The van der Waals surface area contributed by atoms with Crippen LogP contribution in [0.4, 0.5) is 4.39 Å². The first-order valence-electron chi connectivity index (χ1n) is 6.45. The van der Waals surface area contributed by atoms with Crippen LogP contribution in [0.25, 0.3) is 0 Å². The van der Waals surface area contributed by atoms with Crippen LogP contribution < -0.4 is 5.32 Å². The molecule has 1 N–H and O–H groups in total. The lowest BCUT2D eigenvalue weighted by molar-refractivity contribution is 0.0929. The van der Waals surface area contributed by atoms with Gasteiger partial charge in [0.2, 0.25) is 0 Å². The van der Waals surface area contributed by atoms with Gasteiger partial charge in [0.15, 0.2) is 5.82 Å². The second kappa shape index (κ2) is 7.42. The first-order valence-corrected chi connectivity index (χ1v) is 9.14. The Bertz CT molecular complexity index is 635. The second-order valence-corrected chi connectivity index (χ2v) is 7.54. The van der Waals surface area contributed by atoms with Gasteiger partial charge in [-0.25, -0.2) is 12.8 Å². The van der Waals surface area contributed by atoms with Crippen molar-refractivity contribution in [3.05, 3.63) is 28.5 Å². The SMILES string of the molecule is CCCC(CC)NC(=O)c1cc(Cl)cc(S(=O)(=O)Cl)c1F. The Kier molecular flexibility index (Phi) is 6.43. The van der Waals surface area contributed by atoms with E-state index in [2.05, 4.69) is 5.32 Å². The van der Waals surface area contributed by atoms with Gasteiger partial charge in [0.05, 0.1) is 5.56 Å². The summed E-state index contributed by atoms with van der Waals surface area (Å²) in [5.74, 6) is -1.91. The molecule has 1 unspecified atom stereocenters. The second-order valence-electron chi connectivity index (χ2n) is 4.57. The van der Waals surface area contributed by atoms with Crippen LogP contribution in [0.15, 0.2) is 17.0 Å². The van der Waals surface area contributed by atoms with Gasteiger partial charge in [0, 0.05) is 21.7 Å². The largest absolute Gasteiger partial charge is 0.349 e. The Morgan fingerprint density at radius 3 is 2.48 bits per heavy atom. The highest BCUT2D eigenvalue weighted by atomic mass is 35.7. The monoisotopic (exact) mass is 355 g/mol. The van der Waals surface area contributed by atoms with E-state index in [-0.39, 0.29) is 11.1 Å². The van der Waals surface area contributed by atoms with Gasteiger partial charge in [0.25, 0.3) is 15.0 Å². The Morgan fingerprint density at radius 1 is 1.38 bits per heavy atom. The molecule has 1 atom stereocenters. The van der Waals surface area contributed by atoms with Crippen molar-refractivity contribution in [1.29, 1.82) is 0 Å². The summed E-state index contributed by atoms with van der Waals surface area (Å²) in [5.41, 5.74) is -0.434. The molecule has 0 radical (unpaired) electrons. The van der Waals surface area contributed by atoms with Crippen molar-refractivity contribution in [3.63, 3.8) is 0 Å². The fourth-order valence-corrected chi connectivity index (χ4v) is 3.11. The third kappa shape index (κ3) is 4.83. The minimum absolute atomic E-state index is 0.0793. The number of nitrogens with one attached hydrogen (secondary N) is 1. The Balaban J connectivity index is 3.19. The van der Waals surface area contributed by atoms with Crippen LogP contribution in [-0.2, 0) is 9.05 Å². The van der Waals surface area contributed by atoms with E-state index in [4.69, 9.17) is 22.3 Å². The molecule has 1 aromatic rings. The Hall–Kier alpha value is -0.850. The first-order chi connectivity index (χ1) is 9.70. The van der Waals surface area contributed by atoms with Crippen LogP contribution in [0.3, 0.4) is 0 Å². The molecule has 1 amide bonds. The number of halogens is 3. The number of benzene rings is 1. The maximum Gasteiger partial charge on any atom is 0.264 e. The maximum atomic E-state index is 14.2. The molecule has 21 heavy (non-hydrogen) atoms. The molecule has 0 bridgehead atoms. The predicted molar refractivity (Wildman–Crippen MR) is 80.9 cm³/mol. The average Bonchev–Trinajstić information content (AvgIpc) is 2.39. The van der Waals surface area contributed by atoms with Gasteiger partial charge in [-0.2, -0.15) is 0 Å². The molecule has 1 aromatic carbocycles. The molecule has 0 aliphatic heterocycles. The highest BCUT2D eigenvalue weighted by Gasteiger charge is 2.24. The van der Waals surface area contributed by atoms with Crippen LogP contribution in [0.5, 0.6) is 0 Å². The zero-order valence-electron chi connectivity index (χ0n) is 11.6. The van der Waals surface area contributed by atoms with Gasteiger partial charge >= 0.3 is 0 Å². The van der Waals surface area contributed by atoms with Crippen LogP contribution in [-0.4, -0.2) is 20.4 Å². The van der Waals surface area contributed by atoms with Crippen LogP contribution in [0.1, 0.15) is 43.5 Å². The van der Waals surface area contributed by atoms with Crippen molar-refractivity contribution in [1.82, 2.24) is 5.32 Å². The fraction of sp³-hybridized carbons (Fsp3) is 0.462. The lowest BCUT2D eigenvalue weighted by Crippen LogP contribution is -2.35. The van der Waals surface area contributed by atoms with E-state index in [1.165, 1.54) is 0 Å². The lowest BCUT2D eigenvalue weighted by Gasteiger charge is -2.16. The van der Waals surface area contributed by atoms with E-state index < -0.39 is 31.2 Å². The summed E-state index contributed by atoms with van der Waals surface area (Å²) in [6.45, 7) is 3.86. The number of carbonyl (C=O) groups is 1. The molecule has 0 spiro atoms. The van der Waals surface area contributed by atoms with Gasteiger partial charge in [-0.3, -0.25) is 4.79 Å². The van der Waals surface area contributed by atoms with E-state index >= 15 is 0 Å². The number of hydrogen-bond acceptors (Lipinski definition) is 3. The molecule has 8 heteroatoms. The smallest absolute Gasteiger partial charge is 0.264 e. The normalized spacial score (nSPS) is 13.0. The van der Waals surface area contributed by atoms with Crippen molar-refractivity contribution < 1.29 is 17.6 Å². The van der Waals surface area contributed by atoms with Crippen molar-refractivity contribution in [2.45, 2.75) is 44.0 Å². The Morgan fingerprint density at radius 2 is 2.00 bits per heavy atom. The maximum absolute atomic E-state index is 14.2. The lowest BCUT2D eigenvalue weighted by atomic mass is 10.1. The minimum Gasteiger partial charge on any atom is -0.349 e. The number of hydrogen-bond donors (Lipinski definition) is 1. The van der Waals surface area contributed by atoms with Crippen molar-refractivity contribution in [2.24, 2.45) is 0 Å². The van der Waals surface area contributed by atoms with Gasteiger partial charge in [0.1, 0.15) is 4.90 Å². The molecular formula is C13H16Cl2FNO3S. The highest BCUT2D eigenvalue weighted by Crippen LogP contribution is 2.26. The van der Waals surface area contributed by atoms with E-state index in [0.29, 0.717) is 6.42 Å². The van der Waals surface area contributed by atoms with Gasteiger partial charge < -0.3 is 5.32 Å². The first kappa shape index (κ1) is 18.2. The van der Waals surface area contributed by atoms with E-state index in [1.807, 2.05) is 13.8 Å². The van der Waals surface area contributed by atoms with E-state index in [9.17, 15) is 17.6 Å². The summed E-state index contributed by atoms with van der Waals surface area (Å²) in [5, 5.41) is 2.58. The summed E-state index contributed by atoms with van der Waals surface area (Å²) in [4.78, 5) is 11.3. The van der Waals surface area contributed by atoms with Crippen LogP contribution >= 0.6 is 22.3 Å². The highest BCUT2D eigenvalue weighted by molar-refractivity contribution is 8.13. The fourth-order valence-electron chi connectivity index (χ4n) is 1.90. The third-order valence-electron chi connectivity index (χ3n) is 2.98. The van der Waals surface area contributed by atoms with Gasteiger partial charge in [-0.15, -0.1) is 0 Å². The number of carbonyl (C=O) groups excluding carboxylic acids is 1. The molecule has 118 valence electrons. The van der Waals surface area contributed by atoms with Gasteiger partial charge in [-0.05, 0) is 25.0 Å². The van der Waals surface area contributed by atoms with E-state index in [0.717, 1.165) is 25.0 Å². The minimum atomic E-state index is -4.32. The van der Waals surface area contributed by atoms with E-state index in [1.54, 1.807) is 0 Å². The molecule has 0 aliphatic carbocycles. The number of rotatable bonds is 6. The zero-order valence-corrected chi connectivity index (χ0v) is 13.9. The average molecular weight is 356 g/mol. The predicted octanol–water partition coefficient (Wildman–Crippen LogP) is 3.72. The van der Waals surface area contributed by atoms with Crippen molar-refractivity contribution >= 4 is 37.2 Å². The zero-order chi connectivity index (χ0) is 16.2. The van der Waals surface area contributed by atoms with Crippen molar-refractivity contribution in [2.75, 3.05) is 0 Å². The summed E-state index contributed by atoms with van der Waals surface area (Å²) in [6.07, 6.45) is 2.28. The Labute approximate surface area is 133 Å². The molecule has 0 aromatic heterocycles. The summed E-state index contributed by atoms with van der Waals surface area (Å²) >= 11 is 5.73.